The number of carbonyl (C=O) groups is 2. The summed E-state index contributed by atoms with van der Waals surface area (Å²) in [5.74, 6) is -3.25. The third kappa shape index (κ3) is 3.49. The average Bonchev–Trinajstić information content (AvgIpc) is 3.31. The summed E-state index contributed by atoms with van der Waals surface area (Å²) in [6, 6.07) is 14.7. The smallest absolute Gasteiger partial charge is 0.271 e. The summed E-state index contributed by atoms with van der Waals surface area (Å²) in [6.07, 6.45) is -1.29. The highest BCUT2D eigenvalue weighted by Crippen LogP contribution is 2.49. The van der Waals surface area contributed by atoms with E-state index in [4.69, 9.17) is 28.0 Å². The van der Waals surface area contributed by atoms with E-state index in [-0.39, 0.29) is 22.1 Å². The summed E-state index contributed by atoms with van der Waals surface area (Å²) in [4.78, 5) is 44.2. The largest absolute Gasteiger partial charge is 0.273 e. The molecule has 0 aliphatic carbocycles. The van der Waals surface area contributed by atoms with Gasteiger partial charge >= 0.3 is 0 Å². The molecule has 5 rings (SSSR count). The van der Waals surface area contributed by atoms with Crippen LogP contribution in [0, 0.1) is 21.8 Å². The fraction of sp³-hybridized carbons (Fsp3) is 0.130. The maximum Gasteiger partial charge on any atom is 0.271 e. The van der Waals surface area contributed by atoms with Gasteiger partial charge in [-0.15, -0.1) is 0 Å². The Morgan fingerprint density at radius 1 is 0.971 bits per heavy atom. The van der Waals surface area contributed by atoms with Crippen LogP contribution in [0.5, 0.6) is 0 Å². The van der Waals surface area contributed by atoms with Crippen LogP contribution in [-0.4, -0.2) is 22.8 Å². The summed E-state index contributed by atoms with van der Waals surface area (Å²) in [5, 5.41) is 13.1. The second-order valence-electron chi connectivity index (χ2n) is 7.73. The number of nitro groups is 1. The number of imide groups is 1. The van der Waals surface area contributed by atoms with Gasteiger partial charge in [-0.05, 0) is 35.9 Å². The number of rotatable bonds is 4. The van der Waals surface area contributed by atoms with Gasteiger partial charge in [0.2, 0.25) is 5.91 Å². The summed E-state index contributed by atoms with van der Waals surface area (Å²) >= 11 is 12.5. The lowest BCUT2D eigenvalue weighted by molar-refractivity contribution is -0.384. The van der Waals surface area contributed by atoms with Crippen LogP contribution >= 0.6 is 23.2 Å². The van der Waals surface area contributed by atoms with E-state index in [1.54, 1.807) is 18.2 Å². The van der Waals surface area contributed by atoms with E-state index >= 15 is 0 Å². The molecule has 2 heterocycles. The van der Waals surface area contributed by atoms with E-state index in [0.717, 1.165) is 11.0 Å². The van der Waals surface area contributed by atoms with Crippen LogP contribution in [0.2, 0.25) is 10.0 Å². The first-order valence-corrected chi connectivity index (χ1v) is 10.8. The zero-order valence-electron chi connectivity index (χ0n) is 17.1. The Morgan fingerprint density at radius 3 is 2.44 bits per heavy atom. The monoisotopic (exact) mass is 501 g/mol. The lowest BCUT2D eigenvalue weighted by atomic mass is 9.90. The summed E-state index contributed by atoms with van der Waals surface area (Å²) in [6.45, 7) is 0. The quantitative estimate of drug-likeness (QED) is 0.280. The Bertz CT molecular complexity index is 1350. The topological polar surface area (TPSA) is 93.0 Å². The van der Waals surface area contributed by atoms with Gasteiger partial charge in [0.25, 0.3) is 11.6 Å². The summed E-state index contributed by atoms with van der Waals surface area (Å²) in [5.41, 5.74) is 0.280. The molecule has 0 unspecified atom stereocenters. The van der Waals surface area contributed by atoms with Crippen molar-refractivity contribution in [3.05, 3.63) is 98.3 Å². The minimum Gasteiger partial charge on any atom is -0.273 e. The van der Waals surface area contributed by atoms with Crippen LogP contribution in [-0.2, 0) is 14.4 Å². The minimum absolute atomic E-state index is 0.182. The molecule has 2 amide bonds. The molecule has 3 atom stereocenters. The van der Waals surface area contributed by atoms with E-state index in [1.807, 2.05) is 0 Å². The highest BCUT2D eigenvalue weighted by atomic mass is 35.5. The zero-order chi connectivity index (χ0) is 24.1. The van der Waals surface area contributed by atoms with Gasteiger partial charge in [-0.2, -0.15) is 0 Å². The normalized spacial score (nSPS) is 21.8. The number of nitro benzene ring substituents is 1. The number of nitrogens with zero attached hydrogens (tertiary/aromatic N) is 3. The van der Waals surface area contributed by atoms with Crippen LogP contribution in [0.25, 0.3) is 0 Å². The Kier molecular flexibility index (Phi) is 5.47. The highest BCUT2D eigenvalue weighted by molar-refractivity contribution is 6.35. The summed E-state index contributed by atoms with van der Waals surface area (Å²) < 4.78 is 14.5. The second kappa shape index (κ2) is 8.35. The lowest BCUT2D eigenvalue weighted by Gasteiger charge is -2.29. The predicted octanol–water partition coefficient (Wildman–Crippen LogP) is 5.09. The van der Waals surface area contributed by atoms with Crippen molar-refractivity contribution in [2.75, 3.05) is 9.96 Å². The average molecular weight is 502 g/mol. The van der Waals surface area contributed by atoms with Crippen LogP contribution in [0.3, 0.4) is 0 Å². The Balaban J connectivity index is 1.64. The molecule has 0 aromatic heterocycles. The lowest BCUT2D eigenvalue weighted by Crippen LogP contribution is -2.38. The number of anilines is 2. The highest BCUT2D eigenvalue weighted by Gasteiger charge is 2.61. The third-order valence-electron chi connectivity index (χ3n) is 5.78. The zero-order valence-corrected chi connectivity index (χ0v) is 18.6. The molecule has 8 nitrogen and oxygen atoms in total. The minimum atomic E-state index is -1.29. The molecule has 0 saturated carbocycles. The number of hydroxylamine groups is 1. The van der Waals surface area contributed by atoms with E-state index in [2.05, 4.69) is 0 Å². The van der Waals surface area contributed by atoms with Crippen molar-refractivity contribution >= 4 is 52.1 Å². The van der Waals surface area contributed by atoms with Gasteiger partial charge < -0.3 is 0 Å². The van der Waals surface area contributed by atoms with Crippen molar-refractivity contribution in [1.29, 1.82) is 0 Å². The Labute approximate surface area is 202 Å². The predicted molar refractivity (Wildman–Crippen MR) is 122 cm³/mol. The number of benzene rings is 3. The van der Waals surface area contributed by atoms with Crippen molar-refractivity contribution in [2.45, 2.75) is 12.1 Å². The number of para-hydroxylation sites is 1. The molecule has 172 valence electrons. The van der Waals surface area contributed by atoms with Crippen molar-refractivity contribution in [2.24, 2.45) is 5.92 Å². The number of fused-ring (bicyclic) bond motifs is 1. The molecule has 0 spiro atoms. The van der Waals surface area contributed by atoms with E-state index in [1.165, 1.54) is 47.5 Å². The van der Waals surface area contributed by atoms with E-state index in [9.17, 15) is 24.1 Å². The fourth-order valence-electron chi connectivity index (χ4n) is 4.31. The second-order valence-corrected chi connectivity index (χ2v) is 8.57. The van der Waals surface area contributed by atoms with Gasteiger partial charge in [0.15, 0.2) is 6.10 Å². The standard InChI is InChI=1S/C23H14Cl2FN3O5/c24-12-8-9-15(16(25)10-12)20-19-21(34-28(20)13-4-3-5-14(11-13)29(32)33)23(31)27(22(19)30)18-7-2-1-6-17(18)26/h1-11,19-21H/t19-,20-,21+/m0/s1. The molecule has 3 aromatic rings. The van der Waals surface area contributed by atoms with Gasteiger partial charge in [0, 0.05) is 22.2 Å². The number of amides is 2. The number of hydrogen-bond acceptors (Lipinski definition) is 6. The molecular weight excluding hydrogens is 488 g/mol. The molecule has 3 aromatic carbocycles. The first kappa shape index (κ1) is 22.3. The number of halogens is 3. The van der Waals surface area contributed by atoms with Gasteiger partial charge in [0.05, 0.1) is 22.3 Å². The first-order chi connectivity index (χ1) is 16.3. The molecule has 2 aliphatic rings. The molecule has 0 radical (unpaired) electrons. The molecule has 0 bridgehead atoms. The molecule has 2 fully saturated rings. The summed E-state index contributed by atoms with van der Waals surface area (Å²) in [7, 11) is 0. The molecule has 2 saturated heterocycles. The third-order valence-corrected chi connectivity index (χ3v) is 6.35. The molecule has 0 N–H and O–H groups in total. The maximum atomic E-state index is 14.5. The Morgan fingerprint density at radius 2 is 1.74 bits per heavy atom. The van der Waals surface area contributed by atoms with Crippen LogP contribution in [0.15, 0.2) is 66.7 Å². The van der Waals surface area contributed by atoms with Crippen molar-refractivity contribution < 1.29 is 23.7 Å². The van der Waals surface area contributed by atoms with Crippen molar-refractivity contribution in [3.63, 3.8) is 0 Å². The molecule has 34 heavy (non-hydrogen) atoms. The van der Waals surface area contributed by atoms with Crippen molar-refractivity contribution in [1.82, 2.24) is 0 Å². The Hall–Kier alpha value is -3.53. The van der Waals surface area contributed by atoms with E-state index < -0.39 is 40.6 Å². The van der Waals surface area contributed by atoms with Crippen molar-refractivity contribution in [3.8, 4) is 0 Å². The molecule has 2 aliphatic heterocycles. The number of non-ortho nitro benzene ring substituents is 1. The van der Waals surface area contributed by atoms with Gasteiger partial charge in [-0.1, -0.05) is 47.5 Å². The van der Waals surface area contributed by atoms with Gasteiger partial charge in [-0.3, -0.25) is 24.5 Å². The van der Waals surface area contributed by atoms with Crippen LogP contribution in [0.1, 0.15) is 11.6 Å². The van der Waals surface area contributed by atoms with Gasteiger partial charge in [0.1, 0.15) is 11.7 Å². The molecular formula is C23H14Cl2FN3O5. The SMILES string of the molecule is O=C1[C@@H]2[C@@H](ON(c3cccc([N+](=O)[O-])c3)[C@H]2c2ccc(Cl)cc2Cl)C(=O)N1c1ccccc1F. The van der Waals surface area contributed by atoms with Crippen LogP contribution < -0.4 is 9.96 Å². The first-order valence-electron chi connectivity index (χ1n) is 10.1. The number of carbonyl (C=O) groups excluding carboxylic acids is 2. The van der Waals surface area contributed by atoms with Crippen LogP contribution in [0.4, 0.5) is 21.5 Å². The van der Waals surface area contributed by atoms with E-state index in [0.29, 0.717) is 10.6 Å². The maximum absolute atomic E-state index is 14.5. The van der Waals surface area contributed by atoms with Gasteiger partial charge in [-0.25, -0.2) is 14.4 Å². The number of hydrogen-bond donors (Lipinski definition) is 0. The fourth-order valence-corrected chi connectivity index (χ4v) is 4.83. The molecule has 11 heteroatoms.